The Morgan fingerprint density at radius 2 is 0.348 bits per heavy atom. The van der Waals surface area contributed by atoms with Gasteiger partial charge in [-0.3, -0.25) is 0 Å². The van der Waals surface area contributed by atoms with Crippen LogP contribution in [0.25, 0.3) is 243 Å². The van der Waals surface area contributed by atoms with E-state index in [1.807, 2.05) is 0 Å². The number of rotatable bonds is 13. The minimum absolute atomic E-state index is 1.15. The summed E-state index contributed by atoms with van der Waals surface area (Å²) in [6.45, 7) is 0. The van der Waals surface area contributed by atoms with Crippen molar-refractivity contribution >= 4 is 131 Å². The standard InChI is InChI=1S/C48H32N2.2C42H28N2/c1-3-16-33(17-4-1)35-20-15-21-36(32-35)49-45-29-14-11-26-42(45)47-46(49)31-30-41-40-25-10-13-28-44(40)50(48(41)47)43-27-12-9-24-39(43)38-23-8-7-22-37(38)34-18-5-2-6-19-34;1-3-13-29(14-4-1)30-15-11-16-31(27-30)32-17-12-20-34(28-32)44-38-23-9-7-21-35(38)36-25-26-40-41(42(36)44)37-22-8-10-24-39(37)43(40)33-18-5-2-6-19-33;1-3-12-29(13-4-1)30-22-24-31(25-23-30)32-14-11-17-34(28-32)44-38-20-9-7-18-35(38)36-26-27-40-41(42(36)44)37-19-8-10-21-39(37)43(40)33-15-5-2-6-16-33/h1-32H;2*1-28H. The molecule has 6 heteroatoms. The zero-order valence-corrected chi connectivity index (χ0v) is 75.5. The summed E-state index contributed by atoms with van der Waals surface area (Å²) >= 11 is 0. The van der Waals surface area contributed by atoms with E-state index in [9.17, 15) is 0 Å². The van der Waals surface area contributed by atoms with Crippen LogP contribution in [-0.4, -0.2) is 27.4 Å². The molecule has 0 amide bonds. The molecule has 138 heavy (non-hydrogen) atoms. The Bertz CT molecular complexity index is 9550. The van der Waals surface area contributed by atoms with Crippen LogP contribution in [-0.2, 0) is 0 Å². The maximum Gasteiger partial charge on any atom is 0.0641 e. The highest BCUT2D eigenvalue weighted by atomic mass is 15.0. The first-order valence-corrected chi connectivity index (χ1v) is 47.4. The van der Waals surface area contributed by atoms with Gasteiger partial charge >= 0.3 is 0 Å². The van der Waals surface area contributed by atoms with Gasteiger partial charge in [-0.2, -0.15) is 0 Å². The normalized spacial score (nSPS) is 11.6. The third-order valence-electron chi connectivity index (χ3n) is 27.9. The first kappa shape index (κ1) is 80.5. The van der Waals surface area contributed by atoms with Crippen molar-refractivity contribution in [2.75, 3.05) is 0 Å². The molecule has 0 aliphatic carbocycles. The van der Waals surface area contributed by atoms with Gasteiger partial charge in [0.25, 0.3) is 0 Å². The van der Waals surface area contributed by atoms with E-state index in [2.05, 4.69) is 561 Å². The van der Waals surface area contributed by atoms with E-state index in [1.54, 1.807) is 0 Å². The van der Waals surface area contributed by atoms with Gasteiger partial charge in [0.05, 0.1) is 71.9 Å². The summed E-state index contributed by atoms with van der Waals surface area (Å²) in [6, 6.07) is 193. The topological polar surface area (TPSA) is 29.6 Å². The molecule has 646 valence electrons. The molecule has 0 fully saturated rings. The second-order valence-electron chi connectivity index (χ2n) is 35.7. The lowest BCUT2D eigenvalue weighted by atomic mass is 9.93. The zero-order chi connectivity index (χ0) is 91.1. The molecular weight excluding hydrogens is 1670 g/mol. The Kier molecular flexibility index (Phi) is 19.9. The van der Waals surface area contributed by atoms with E-state index in [1.165, 1.54) is 220 Å². The average molecular weight is 1760 g/mol. The quantitative estimate of drug-likeness (QED) is 0.110. The van der Waals surface area contributed by atoms with Crippen LogP contribution in [0.4, 0.5) is 0 Å². The molecule has 0 saturated heterocycles. The molecule has 6 nitrogen and oxygen atoms in total. The highest BCUT2D eigenvalue weighted by Gasteiger charge is 2.27. The van der Waals surface area contributed by atoms with E-state index in [-0.39, 0.29) is 0 Å². The minimum Gasteiger partial charge on any atom is -0.309 e. The van der Waals surface area contributed by atoms with Crippen LogP contribution >= 0.6 is 0 Å². The lowest BCUT2D eigenvalue weighted by molar-refractivity contribution is 1.17. The third kappa shape index (κ3) is 13.6. The molecule has 28 rings (SSSR count). The van der Waals surface area contributed by atoms with Crippen molar-refractivity contribution in [3.8, 4) is 112 Å². The van der Waals surface area contributed by atoms with Crippen molar-refractivity contribution in [1.29, 1.82) is 0 Å². The van der Waals surface area contributed by atoms with Gasteiger partial charge in [-0.15, -0.1) is 0 Å². The molecule has 6 heterocycles. The molecule has 6 aromatic heterocycles. The molecule has 0 bridgehead atoms. The maximum atomic E-state index is 2.52. The van der Waals surface area contributed by atoms with Crippen LogP contribution in [0.5, 0.6) is 0 Å². The fraction of sp³-hybridized carbons (Fsp3) is 0. The number of nitrogens with zero attached hydrogens (tertiary/aromatic N) is 6. The maximum absolute atomic E-state index is 2.52. The summed E-state index contributed by atoms with van der Waals surface area (Å²) in [5, 5.41) is 15.1. The first-order valence-electron chi connectivity index (χ1n) is 47.4. The average Bonchev–Trinajstić information content (AvgIpc) is 1.55. The summed E-state index contributed by atoms with van der Waals surface area (Å²) < 4.78 is 14.7. The highest BCUT2D eigenvalue weighted by molar-refractivity contribution is 6.29. The Morgan fingerprint density at radius 1 is 0.109 bits per heavy atom. The number of hydrogen-bond acceptors (Lipinski definition) is 0. The molecule has 22 aromatic carbocycles. The number of fused-ring (bicyclic) bond motifs is 21. The van der Waals surface area contributed by atoms with Crippen molar-refractivity contribution in [3.63, 3.8) is 0 Å². The van der Waals surface area contributed by atoms with Crippen LogP contribution < -0.4 is 0 Å². The summed E-state index contributed by atoms with van der Waals surface area (Å²) in [4.78, 5) is 0. The second-order valence-corrected chi connectivity index (χ2v) is 35.7. The second kappa shape index (κ2) is 34.0. The summed E-state index contributed by atoms with van der Waals surface area (Å²) in [5.41, 5.74) is 38.5. The van der Waals surface area contributed by atoms with Crippen molar-refractivity contribution in [2.45, 2.75) is 0 Å². The van der Waals surface area contributed by atoms with Gasteiger partial charge in [0.15, 0.2) is 0 Å². The summed E-state index contributed by atoms with van der Waals surface area (Å²) in [6.07, 6.45) is 0. The smallest absolute Gasteiger partial charge is 0.0641 e. The SMILES string of the molecule is c1ccc(-c2ccc(-c3cccc(-n4c5ccccc5c5ccc6c(c7ccccc7n6-c6ccccc6)c54)c3)cc2)cc1.c1ccc(-c2cccc(-c3cccc(-n4c5ccccc5c5ccc6c(c7ccccc7n6-c6ccccc6)c54)c3)c2)cc1.c1ccc(-c2cccc(-n3c4ccccc4c4c3ccc3c5ccccc5n(-c5ccccc5-c5ccccc5-c5ccccc5)c34)c2)cc1. The predicted molar refractivity (Wildman–Crippen MR) is 583 cm³/mol. The fourth-order valence-corrected chi connectivity index (χ4v) is 21.9. The number of para-hydroxylation sites is 9. The molecule has 0 N–H and O–H groups in total. The molecule has 0 spiro atoms. The van der Waals surface area contributed by atoms with Crippen molar-refractivity contribution in [1.82, 2.24) is 27.4 Å². The minimum atomic E-state index is 1.15. The van der Waals surface area contributed by atoms with Crippen LogP contribution in [0.3, 0.4) is 0 Å². The highest BCUT2D eigenvalue weighted by Crippen LogP contribution is 2.49. The fourth-order valence-electron chi connectivity index (χ4n) is 21.9. The van der Waals surface area contributed by atoms with Gasteiger partial charge in [-0.1, -0.05) is 406 Å². The number of aromatic nitrogens is 6. The monoisotopic (exact) mass is 1760 g/mol. The van der Waals surface area contributed by atoms with Crippen molar-refractivity contribution in [3.05, 3.63) is 534 Å². The van der Waals surface area contributed by atoms with Crippen LogP contribution in [0.2, 0.25) is 0 Å². The molecule has 0 radical (unpaired) electrons. The lowest BCUT2D eigenvalue weighted by Gasteiger charge is -2.17. The van der Waals surface area contributed by atoms with E-state index in [0.29, 0.717) is 0 Å². The largest absolute Gasteiger partial charge is 0.309 e. The Balaban J connectivity index is 0.000000107. The Morgan fingerprint density at radius 3 is 0.754 bits per heavy atom. The number of hydrogen-bond donors (Lipinski definition) is 0. The molecule has 0 aliphatic rings. The van der Waals surface area contributed by atoms with Gasteiger partial charge < -0.3 is 27.4 Å². The predicted octanol–water partition coefficient (Wildman–Crippen LogP) is 35.3. The third-order valence-corrected chi connectivity index (χ3v) is 27.9. The Labute approximate surface area is 798 Å². The van der Waals surface area contributed by atoms with Gasteiger partial charge in [0.1, 0.15) is 0 Å². The zero-order valence-electron chi connectivity index (χ0n) is 75.5. The molecule has 28 aromatic rings. The van der Waals surface area contributed by atoms with E-state index in [0.717, 1.165) is 22.7 Å². The molecule has 0 aliphatic heterocycles. The van der Waals surface area contributed by atoms with E-state index >= 15 is 0 Å². The van der Waals surface area contributed by atoms with Crippen molar-refractivity contribution < 1.29 is 0 Å². The van der Waals surface area contributed by atoms with Crippen LogP contribution in [0.15, 0.2) is 534 Å². The van der Waals surface area contributed by atoms with Gasteiger partial charge in [-0.25, -0.2) is 0 Å². The number of benzene rings is 22. The van der Waals surface area contributed by atoms with Gasteiger partial charge in [-0.05, 0) is 200 Å². The lowest BCUT2D eigenvalue weighted by Crippen LogP contribution is -1.98. The van der Waals surface area contributed by atoms with Gasteiger partial charge in [0, 0.05) is 98.6 Å². The van der Waals surface area contributed by atoms with Crippen LogP contribution in [0.1, 0.15) is 0 Å². The van der Waals surface area contributed by atoms with Crippen LogP contribution in [0, 0.1) is 0 Å². The van der Waals surface area contributed by atoms with E-state index < -0.39 is 0 Å². The van der Waals surface area contributed by atoms with Gasteiger partial charge in [0.2, 0.25) is 0 Å². The summed E-state index contributed by atoms with van der Waals surface area (Å²) in [5.74, 6) is 0. The Hall–Kier alpha value is -18.4. The molecule has 0 saturated carbocycles. The van der Waals surface area contributed by atoms with Crippen molar-refractivity contribution in [2.24, 2.45) is 0 Å². The molecular formula is C132H88N6. The molecule has 0 atom stereocenters. The molecule has 0 unspecified atom stereocenters. The summed E-state index contributed by atoms with van der Waals surface area (Å²) in [7, 11) is 0. The first-order chi connectivity index (χ1) is 68.5. The van der Waals surface area contributed by atoms with E-state index in [4.69, 9.17) is 0 Å².